The van der Waals surface area contributed by atoms with Crippen LogP contribution in [0.4, 0.5) is 11.4 Å². The van der Waals surface area contributed by atoms with Crippen LogP contribution in [0.5, 0.6) is 0 Å². The fourth-order valence-corrected chi connectivity index (χ4v) is 6.85. The molecule has 6 N–H and O–H groups in total. The molecular weight excluding hydrogens is 644 g/mol. The molecule has 268 valence electrons. The summed E-state index contributed by atoms with van der Waals surface area (Å²) < 4.78 is 13.1. The van der Waals surface area contributed by atoms with Gasteiger partial charge in [-0.05, 0) is 71.8 Å². The third-order valence-corrected chi connectivity index (χ3v) is 9.74. The normalized spacial score (nSPS) is 20.6. The van der Waals surface area contributed by atoms with Gasteiger partial charge in [0.05, 0.1) is 36.8 Å². The summed E-state index contributed by atoms with van der Waals surface area (Å²) in [4.78, 5) is 27.1. The van der Waals surface area contributed by atoms with Crippen LogP contribution in [0.3, 0.4) is 0 Å². The van der Waals surface area contributed by atoms with Crippen molar-refractivity contribution in [3.05, 3.63) is 119 Å². The van der Waals surface area contributed by atoms with Gasteiger partial charge < -0.3 is 36.1 Å². The lowest BCUT2D eigenvalue weighted by Gasteiger charge is -2.38. The summed E-state index contributed by atoms with van der Waals surface area (Å²) in [6.07, 6.45) is 2.88. The minimum absolute atomic E-state index is 0.00441. The second-order valence-electron chi connectivity index (χ2n) is 13.4. The van der Waals surface area contributed by atoms with Crippen molar-refractivity contribution in [2.24, 2.45) is 0 Å². The second-order valence-corrected chi connectivity index (χ2v) is 13.4. The number of carbonyl (C=O) groups is 2. The predicted molar refractivity (Wildman–Crippen MR) is 197 cm³/mol. The number of nitrogens with two attached hydrogens (primary N) is 1. The number of para-hydroxylation sites is 2. The van der Waals surface area contributed by atoms with Crippen molar-refractivity contribution >= 4 is 23.2 Å². The van der Waals surface area contributed by atoms with Gasteiger partial charge in [-0.3, -0.25) is 14.5 Å². The van der Waals surface area contributed by atoms with Gasteiger partial charge in [-0.25, -0.2) is 0 Å². The van der Waals surface area contributed by atoms with E-state index in [0.717, 1.165) is 59.3 Å². The number of nitrogens with one attached hydrogen (secondary N) is 2. The number of aliphatic hydroxyl groups is 2. The highest BCUT2D eigenvalue weighted by molar-refractivity contribution is 5.94. The monoisotopic (exact) mass is 692 g/mol. The number of benzene rings is 4. The molecule has 0 saturated carbocycles. The van der Waals surface area contributed by atoms with Gasteiger partial charge in [0.1, 0.15) is 0 Å². The Morgan fingerprint density at radius 3 is 2.35 bits per heavy atom. The number of ether oxygens (including phenoxy) is 2. The summed E-state index contributed by atoms with van der Waals surface area (Å²) in [5, 5.41) is 25.2. The van der Waals surface area contributed by atoms with Gasteiger partial charge in [0.25, 0.3) is 0 Å². The highest BCUT2D eigenvalue weighted by Gasteiger charge is 2.35. The first kappa shape index (κ1) is 36.2. The Morgan fingerprint density at radius 1 is 0.824 bits per heavy atom. The van der Waals surface area contributed by atoms with Gasteiger partial charge in [-0.15, -0.1) is 0 Å². The quantitative estimate of drug-likeness (QED) is 0.103. The molecule has 0 bridgehead atoms. The highest BCUT2D eigenvalue weighted by atomic mass is 16.7. The van der Waals surface area contributed by atoms with Crippen molar-refractivity contribution in [3.8, 4) is 11.1 Å². The third kappa shape index (κ3) is 9.81. The van der Waals surface area contributed by atoms with Gasteiger partial charge in [-0.2, -0.15) is 0 Å². The Balaban J connectivity index is 1.04. The van der Waals surface area contributed by atoms with E-state index in [2.05, 4.69) is 33.7 Å². The van der Waals surface area contributed by atoms with Gasteiger partial charge in [0.2, 0.25) is 11.8 Å². The molecule has 0 aliphatic carbocycles. The van der Waals surface area contributed by atoms with E-state index in [4.69, 9.17) is 15.2 Å². The zero-order valence-corrected chi connectivity index (χ0v) is 28.9. The number of amides is 2. The molecule has 0 radical (unpaired) electrons. The molecule has 4 unspecified atom stereocenters. The number of rotatable bonds is 14. The Labute approximate surface area is 299 Å². The molecular formula is C41H48N4O6. The van der Waals surface area contributed by atoms with Crippen LogP contribution in [0.2, 0.25) is 0 Å². The Morgan fingerprint density at radius 2 is 1.59 bits per heavy atom. The lowest BCUT2D eigenvalue weighted by atomic mass is 9.98. The summed E-state index contributed by atoms with van der Waals surface area (Å²) in [5.41, 5.74) is 12.8. The Hall–Kier alpha value is -4.58. The van der Waals surface area contributed by atoms with Crippen molar-refractivity contribution in [2.75, 3.05) is 30.7 Å². The van der Waals surface area contributed by atoms with E-state index in [0.29, 0.717) is 30.8 Å². The lowest BCUT2D eigenvalue weighted by molar-refractivity contribution is -0.253. The van der Waals surface area contributed by atoms with Gasteiger partial charge in [0.15, 0.2) is 6.29 Å². The van der Waals surface area contributed by atoms with E-state index in [9.17, 15) is 19.8 Å². The molecule has 10 heteroatoms. The van der Waals surface area contributed by atoms with Crippen LogP contribution >= 0.6 is 0 Å². The number of carbonyl (C=O) groups excluding carboxylic acids is 2. The molecule has 51 heavy (non-hydrogen) atoms. The van der Waals surface area contributed by atoms with Crippen molar-refractivity contribution in [2.45, 2.75) is 76.2 Å². The molecule has 6 rings (SSSR count). The average Bonchev–Trinajstić information content (AvgIpc) is 3.62. The van der Waals surface area contributed by atoms with Crippen LogP contribution in [0.25, 0.3) is 11.1 Å². The topological polar surface area (TPSA) is 146 Å². The van der Waals surface area contributed by atoms with E-state index >= 15 is 0 Å². The summed E-state index contributed by atoms with van der Waals surface area (Å²) in [5.74, 6) is -0.283. The molecule has 2 fully saturated rings. The summed E-state index contributed by atoms with van der Waals surface area (Å²) in [6.45, 7) is 2.22. The first-order chi connectivity index (χ1) is 24.9. The number of nitrogen functional groups attached to an aromatic ring is 1. The molecule has 2 aliphatic rings. The Bertz CT molecular complexity index is 1750. The van der Waals surface area contributed by atoms with Gasteiger partial charge in [0, 0.05) is 44.0 Å². The number of hydrogen-bond acceptors (Lipinski definition) is 8. The number of nitrogens with zero attached hydrogens (tertiary/aromatic N) is 1. The van der Waals surface area contributed by atoms with E-state index in [1.807, 2.05) is 60.7 Å². The maximum absolute atomic E-state index is 12.5. The minimum atomic E-state index is -0.556. The zero-order chi connectivity index (χ0) is 35.6. The number of hydrogen-bond donors (Lipinski definition) is 5. The maximum Gasteiger partial charge on any atom is 0.224 e. The molecule has 2 amide bonds. The average molecular weight is 693 g/mol. The first-order valence-electron chi connectivity index (χ1n) is 17.8. The summed E-state index contributed by atoms with van der Waals surface area (Å²) in [6, 6.07) is 31.4. The van der Waals surface area contributed by atoms with E-state index in [-0.39, 0.29) is 56.1 Å². The summed E-state index contributed by atoms with van der Waals surface area (Å²) in [7, 11) is 0. The molecule has 10 nitrogen and oxygen atoms in total. The van der Waals surface area contributed by atoms with Crippen molar-refractivity contribution < 1.29 is 29.3 Å². The molecule has 0 spiro atoms. The maximum atomic E-state index is 12.5. The number of anilines is 2. The number of aliphatic hydroxyl groups excluding tert-OH is 2. The second kappa shape index (κ2) is 17.6. The van der Waals surface area contributed by atoms with Crippen LogP contribution < -0.4 is 16.4 Å². The van der Waals surface area contributed by atoms with Crippen LogP contribution in [0, 0.1) is 0 Å². The van der Waals surface area contributed by atoms with E-state index in [1.54, 1.807) is 18.2 Å². The van der Waals surface area contributed by atoms with Crippen LogP contribution in [0.1, 0.15) is 73.2 Å². The van der Waals surface area contributed by atoms with Crippen molar-refractivity contribution in [3.63, 3.8) is 0 Å². The van der Waals surface area contributed by atoms with Crippen LogP contribution in [-0.2, 0) is 32.2 Å². The third-order valence-electron chi connectivity index (χ3n) is 9.74. The smallest absolute Gasteiger partial charge is 0.224 e. The molecule has 2 aliphatic heterocycles. The fourth-order valence-electron chi connectivity index (χ4n) is 6.85. The van der Waals surface area contributed by atoms with Crippen LogP contribution in [-0.4, -0.2) is 58.8 Å². The van der Waals surface area contributed by atoms with Crippen molar-refractivity contribution in [1.82, 2.24) is 10.2 Å². The molecule has 0 aromatic heterocycles. The fraction of sp³-hybridized carbons (Fsp3) is 0.366. The predicted octanol–water partition coefficient (Wildman–Crippen LogP) is 5.86. The molecule has 4 atom stereocenters. The largest absolute Gasteiger partial charge is 0.397 e. The number of likely N-dealkylation sites (tertiary alicyclic amines) is 1. The lowest BCUT2D eigenvalue weighted by Crippen LogP contribution is -2.42. The molecule has 4 aromatic carbocycles. The molecule has 2 saturated heterocycles. The first-order valence-corrected chi connectivity index (χ1v) is 17.8. The zero-order valence-electron chi connectivity index (χ0n) is 28.9. The van der Waals surface area contributed by atoms with Crippen molar-refractivity contribution in [1.29, 1.82) is 0 Å². The van der Waals surface area contributed by atoms with Gasteiger partial charge >= 0.3 is 0 Å². The minimum Gasteiger partial charge on any atom is -0.397 e. The highest BCUT2D eigenvalue weighted by Crippen LogP contribution is 2.39. The molecule has 2 heterocycles. The Kier molecular flexibility index (Phi) is 12.5. The summed E-state index contributed by atoms with van der Waals surface area (Å²) >= 11 is 0. The van der Waals surface area contributed by atoms with E-state index in [1.165, 1.54) is 0 Å². The van der Waals surface area contributed by atoms with Gasteiger partial charge in [-0.1, -0.05) is 78.9 Å². The SMILES string of the molecule is Nc1ccccc1NC(=O)CCCC(=O)NCc1cccc(-c2ccc(C3OC(CN4CCCC4CO)CC(c4ccc(CO)cc4)O3)cc2)c1. The van der Waals surface area contributed by atoms with E-state index < -0.39 is 6.29 Å². The standard InChI is InChI=1S/C41H48N4O6/c42-36-9-1-2-10-37(36)44-40(49)12-4-11-39(48)43-24-29-6-3-7-33(22-29)30-17-19-32(20-18-30)41-50-35(25-45-21-5-8-34(45)27-47)23-38(51-41)31-15-13-28(26-46)14-16-31/h1-3,6-7,9-10,13-20,22,34-35,38,41,46-47H,4-5,8,11-12,21,23-27,42H2,(H,43,48)(H,44,49). The molecule has 4 aromatic rings. The van der Waals surface area contributed by atoms with Crippen LogP contribution in [0.15, 0.2) is 97.1 Å².